The Bertz CT molecular complexity index is 834. The molecule has 4 rings (SSSR count). The van der Waals surface area contributed by atoms with Crippen molar-refractivity contribution in [3.63, 3.8) is 0 Å². The Balaban J connectivity index is 1.61. The fourth-order valence-electron chi connectivity index (χ4n) is 3.65. The van der Waals surface area contributed by atoms with Gasteiger partial charge in [-0.15, -0.1) is 6.42 Å². The number of methoxy groups -OCH3 is 1. The second-order valence-corrected chi connectivity index (χ2v) is 6.65. The first kappa shape index (κ1) is 17.2. The molecule has 26 heavy (non-hydrogen) atoms. The van der Waals surface area contributed by atoms with E-state index >= 15 is 0 Å². The van der Waals surface area contributed by atoms with Gasteiger partial charge in [-0.05, 0) is 19.3 Å². The number of terminal acetylenes is 1. The van der Waals surface area contributed by atoms with E-state index in [4.69, 9.17) is 15.9 Å². The maximum Gasteiger partial charge on any atom is 0.167 e. The van der Waals surface area contributed by atoms with Crippen LogP contribution in [0.4, 0.5) is 5.82 Å². The molecule has 0 amide bonds. The van der Waals surface area contributed by atoms with Gasteiger partial charge in [0.1, 0.15) is 24.6 Å². The van der Waals surface area contributed by atoms with Gasteiger partial charge in [-0.1, -0.05) is 5.92 Å². The normalized spacial score (nSPS) is 34.2. The number of imidazole rings is 1. The van der Waals surface area contributed by atoms with Crippen molar-refractivity contribution in [1.82, 2.24) is 19.5 Å². The molecule has 2 aromatic heterocycles. The monoisotopic (exact) mass is 359 g/mol. The molecule has 3 heterocycles. The molecule has 0 bridgehead atoms. The molecule has 1 saturated heterocycles. The Kier molecular flexibility index (Phi) is 4.50. The Morgan fingerprint density at radius 3 is 2.85 bits per heavy atom. The maximum atomic E-state index is 10.3. The number of aliphatic hydroxyl groups excluding tert-OH is 2. The molecule has 138 valence electrons. The summed E-state index contributed by atoms with van der Waals surface area (Å²) in [5, 5.41) is 23.6. The molecule has 9 nitrogen and oxygen atoms in total. The van der Waals surface area contributed by atoms with Gasteiger partial charge in [-0.25, -0.2) is 15.0 Å². The van der Waals surface area contributed by atoms with Crippen LogP contribution in [0.25, 0.3) is 11.2 Å². The highest BCUT2D eigenvalue weighted by molar-refractivity contribution is 5.82. The average Bonchev–Trinajstić information content (AvgIpc) is 3.35. The molecule has 0 aromatic carbocycles. The topological polar surface area (TPSA) is 115 Å². The standard InChI is InChI=1S/C17H21N5O4/c1-3-11-13(23)14(24)17(26-11)22-8-20-12-15(18-7-19-16(12)22)21-9-4-5-10(6-9)25-2/h1,7-11,13-14,17,23-24H,4-6H2,2H3,(H,18,19,21)/t9?,10?,11?,13-,14-,17-/m1/s1. The molecule has 0 radical (unpaired) electrons. The van der Waals surface area contributed by atoms with Crippen LogP contribution in [0, 0.1) is 12.3 Å². The minimum absolute atomic E-state index is 0.254. The SMILES string of the molecule is C#CC1O[C@@H](n2cnc3c(NC4CCC(OC)C4)ncnc32)[C@H](O)[C@@H]1O. The van der Waals surface area contributed by atoms with Gasteiger partial charge in [-0.3, -0.25) is 4.57 Å². The first-order valence-electron chi connectivity index (χ1n) is 8.57. The van der Waals surface area contributed by atoms with Crippen LogP contribution in [-0.4, -0.2) is 67.3 Å². The van der Waals surface area contributed by atoms with Gasteiger partial charge in [0.15, 0.2) is 23.2 Å². The largest absolute Gasteiger partial charge is 0.386 e. The van der Waals surface area contributed by atoms with Gasteiger partial charge in [0.05, 0.1) is 12.4 Å². The number of anilines is 1. The number of fused-ring (bicyclic) bond motifs is 1. The third-order valence-corrected chi connectivity index (χ3v) is 5.09. The van der Waals surface area contributed by atoms with Crippen LogP contribution in [0.15, 0.2) is 12.7 Å². The molecule has 6 atom stereocenters. The average molecular weight is 359 g/mol. The number of aromatic nitrogens is 4. The van der Waals surface area contributed by atoms with Gasteiger partial charge in [0.2, 0.25) is 0 Å². The summed E-state index contributed by atoms with van der Waals surface area (Å²) >= 11 is 0. The van der Waals surface area contributed by atoms with Gasteiger partial charge in [-0.2, -0.15) is 0 Å². The summed E-state index contributed by atoms with van der Waals surface area (Å²) < 4.78 is 12.6. The van der Waals surface area contributed by atoms with Crippen molar-refractivity contribution in [2.75, 3.05) is 12.4 Å². The summed E-state index contributed by atoms with van der Waals surface area (Å²) in [6.07, 6.45) is 7.37. The smallest absolute Gasteiger partial charge is 0.167 e. The quantitative estimate of drug-likeness (QED) is 0.657. The van der Waals surface area contributed by atoms with Crippen molar-refractivity contribution < 1.29 is 19.7 Å². The molecule has 1 aliphatic heterocycles. The van der Waals surface area contributed by atoms with Crippen LogP contribution in [0.1, 0.15) is 25.5 Å². The first-order valence-corrected chi connectivity index (χ1v) is 8.57. The van der Waals surface area contributed by atoms with Crippen molar-refractivity contribution in [2.24, 2.45) is 0 Å². The molecule has 3 unspecified atom stereocenters. The van der Waals surface area contributed by atoms with Crippen LogP contribution in [0.2, 0.25) is 0 Å². The Hall–Kier alpha value is -2.25. The minimum atomic E-state index is -1.17. The molecule has 9 heteroatoms. The van der Waals surface area contributed by atoms with Crippen molar-refractivity contribution >= 4 is 17.0 Å². The summed E-state index contributed by atoms with van der Waals surface area (Å²) in [7, 11) is 1.72. The predicted octanol–water partition coefficient (Wildman–Crippen LogP) is 0.0581. The molecule has 2 aliphatic rings. The van der Waals surface area contributed by atoms with Gasteiger partial charge in [0, 0.05) is 13.2 Å². The fraction of sp³-hybridized carbons (Fsp3) is 0.588. The summed E-state index contributed by atoms with van der Waals surface area (Å²) in [4.78, 5) is 12.9. The van der Waals surface area contributed by atoms with Crippen molar-refractivity contribution in [3.05, 3.63) is 12.7 Å². The highest BCUT2D eigenvalue weighted by Gasteiger charge is 2.43. The molecule has 2 fully saturated rings. The molecule has 1 saturated carbocycles. The Morgan fingerprint density at radius 1 is 1.31 bits per heavy atom. The Morgan fingerprint density at radius 2 is 2.15 bits per heavy atom. The highest BCUT2D eigenvalue weighted by Crippen LogP contribution is 2.32. The van der Waals surface area contributed by atoms with Gasteiger partial charge < -0.3 is 25.0 Å². The second-order valence-electron chi connectivity index (χ2n) is 6.65. The van der Waals surface area contributed by atoms with Crippen LogP contribution in [0.3, 0.4) is 0 Å². The zero-order chi connectivity index (χ0) is 18.3. The second kappa shape index (κ2) is 6.81. The minimum Gasteiger partial charge on any atom is -0.386 e. The summed E-state index contributed by atoms with van der Waals surface area (Å²) in [5.41, 5.74) is 1.07. The van der Waals surface area contributed by atoms with E-state index in [9.17, 15) is 10.2 Å². The van der Waals surface area contributed by atoms with Crippen molar-refractivity contribution in [3.8, 4) is 12.3 Å². The van der Waals surface area contributed by atoms with E-state index in [-0.39, 0.29) is 12.1 Å². The molecule has 3 N–H and O–H groups in total. The van der Waals surface area contributed by atoms with E-state index in [1.807, 2.05) is 0 Å². The number of aliphatic hydroxyl groups is 2. The number of hydrogen-bond donors (Lipinski definition) is 3. The van der Waals surface area contributed by atoms with Crippen molar-refractivity contribution in [2.45, 2.75) is 55.9 Å². The predicted molar refractivity (Wildman–Crippen MR) is 92.1 cm³/mol. The van der Waals surface area contributed by atoms with E-state index in [2.05, 4.69) is 26.2 Å². The number of ether oxygens (including phenoxy) is 2. The van der Waals surface area contributed by atoms with Gasteiger partial charge in [0.25, 0.3) is 0 Å². The summed E-state index contributed by atoms with van der Waals surface area (Å²) in [6, 6.07) is 0.254. The molecule has 0 spiro atoms. The lowest BCUT2D eigenvalue weighted by molar-refractivity contribution is -0.0230. The lowest BCUT2D eigenvalue weighted by Gasteiger charge is -2.17. The van der Waals surface area contributed by atoms with E-state index in [1.165, 1.54) is 12.7 Å². The van der Waals surface area contributed by atoms with Crippen LogP contribution in [-0.2, 0) is 9.47 Å². The summed E-state index contributed by atoms with van der Waals surface area (Å²) in [5.74, 6) is 2.95. The third-order valence-electron chi connectivity index (χ3n) is 5.09. The van der Waals surface area contributed by atoms with E-state index < -0.39 is 24.5 Å². The summed E-state index contributed by atoms with van der Waals surface area (Å²) in [6.45, 7) is 0. The molecule has 1 aliphatic carbocycles. The van der Waals surface area contributed by atoms with E-state index in [0.29, 0.717) is 17.0 Å². The van der Waals surface area contributed by atoms with Crippen LogP contribution >= 0.6 is 0 Å². The first-order chi connectivity index (χ1) is 12.6. The lowest BCUT2D eigenvalue weighted by Crippen LogP contribution is -2.30. The van der Waals surface area contributed by atoms with Crippen molar-refractivity contribution in [1.29, 1.82) is 0 Å². The van der Waals surface area contributed by atoms with E-state index in [0.717, 1.165) is 19.3 Å². The maximum absolute atomic E-state index is 10.3. The number of nitrogens with zero attached hydrogens (tertiary/aromatic N) is 4. The zero-order valence-electron chi connectivity index (χ0n) is 14.3. The number of rotatable bonds is 4. The Labute approximate surface area is 150 Å². The number of hydrogen-bond acceptors (Lipinski definition) is 8. The molecular formula is C17H21N5O4. The molecule has 2 aromatic rings. The zero-order valence-corrected chi connectivity index (χ0v) is 14.3. The fourth-order valence-corrected chi connectivity index (χ4v) is 3.65. The van der Waals surface area contributed by atoms with Crippen LogP contribution in [0.5, 0.6) is 0 Å². The third kappa shape index (κ3) is 2.81. The van der Waals surface area contributed by atoms with Crippen LogP contribution < -0.4 is 5.32 Å². The highest BCUT2D eigenvalue weighted by atomic mass is 16.6. The number of nitrogens with one attached hydrogen (secondary N) is 1. The van der Waals surface area contributed by atoms with Gasteiger partial charge >= 0.3 is 0 Å². The molecular weight excluding hydrogens is 338 g/mol. The lowest BCUT2D eigenvalue weighted by atomic mass is 10.1. The van der Waals surface area contributed by atoms with E-state index in [1.54, 1.807) is 11.7 Å².